The average molecular weight is 409 g/mol. The van der Waals surface area contributed by atoms with Crippen molar-refractivity contribution in [1.29, 1.82) is 0 Å². The summed E-state index contributed by atoms with van der Waals surface area (Å²) in [4.78, 5) is 7.93. The van der Waals surface area contributed by atoms with Crippen molar-refractivity contribution in [2.45, 2.75) is 45.3 Å². The van der Waals surface area contributed by atoms with E-state index in [-0.39, 0.29) is 5.04 Å². The molecule has 0 radical (unpaired) electrons. The molecule has 0 atom stereocenters. The number of hydrogen-bond donors (Lipinski definition) is 1. The summed E-state index contributed by atoms with van der Waals surface area (Å²) >= 11 is 0. The Kier molecular flexibility index (Phi) is 6.17. The van der Waals surface area contributed by atoms with Gasteiger partial charge < -0.3 is 14.1 Å². The van der Waals surface area contributed by atoms with E-state index in [0.717, 1.165) is 30.0 Å². The summed E-state index contributed by atoms with van der Waals surface area (Å²) in [5, 5.41) is 1.41. The SMILES string of the molecule is COc1cc(C=NCCc2c[nH]c3ccccc23)ccc1O[Si](C)(C)C(C)(C)C. The van der Waals surface area contributed by atoms with Crippen LogP contribution in [-0.2, 0) is 6.42 Å². The highest BCUT2D eigenvalue weighted by molar-refractivity contribution is 6.74. The molecule has 3 aromatic rings. The molecule has 0 aliphatic carbocycles. The topological polar surface area (TPSA) is 46.6 Å². The van der Waals surface area contributed by atoms with Crippen LogP contribution in [0.1, 0.15) is 31.9 Å². The van der Waals surface area contributed by atoms with Gasteiger partial charge in [-0.1, -0.05) is 39.0 Å². The van der Waals surface area contributed by atoms with Gasteiger partial charge in [0.2, 0.25) is 0 Å². The Labute approximate surface area is 175 Å². The number of para-hydroxylation sites is 1. The number of rotatable bonds is 7. The number of H-pyrrole nitrogens is 1. The molecule has 154 valence electrons. The maximum Gasteiger partial charge on any atom is 0.250 e. The number of aliphatic imine (C=N–C) groups is 1. The lowest BCUT2D eigenvalue weighted by Gasteiger charge is -2.36. The van der Waals surface area contributed by atoms with Crippen molar-refractivity contribution < 1.29 is 9.16 Å². The molecule has 0 aliphatic rings. The lowest BCUT2D eigenvalue weighted by molar-refractivity contribution is 0.386. The molecule has 2 aromatic carbocycles. The summed E-state index contributed by atoms with van der Waals surface area (Å²) < 4.78 is 12.0. The molecule has 0 spiro atoms. The fourth-order valence-electron chi connectivity index (χ4n) is 2.97. The summed E-state index contributed by atoms with van der Waals surface area (Å²) in [5.41, 5.74) is 3.49. The predicted molar refractivity (Wildman–Crippen MR) is 125 cm³/mol. The number of fused-ring (bicyclic) bond motifs is 1. The molecule has 4 nitrogen and oxygen atoms in total. The Hall–Kier alpha value is -2.53. The molecule has 0 bridgehead atoms. The van der Waals surface area contributed by atoms with E-state index in [9.17, 15) is 0 Å². The summed E-state index contributed by atoms with van der Waals surface area (Å²) in [7, 11) is -0.226. The number of nitrogens with one attached hydrogen (secondary N) is 1. The van der Waals surface area contributed by atoms with E-state index < -0.39 is 8.32 Å². The predicted octanol–water partition coefficient (Wildman–Crippen LogP) is 6.22. The minimum atomic E-state index is -1.91. The Bertz CT molecular complexity index is 1000. The van der Waals surface area contributed by atoms with Gasteiger partial charge in [-0.05, 0) is 59.9 Å². The molecule has 3 rings (SSSR count). The quantitative estimate of drug-likeness (QED) is 0.372. The van der Waals surface area contributed by atoms with Crippen molar-refractivity contribution in [2.75, 3.05) is 13.7 Å². The van der Waals surface area contributed by atoms with Crippen LogP contribution in [0.4, 0.5) is 0 Å². The molecule has 0 saturated heterocycles. The number of hydrogen-bond acceptors (Lipinski definition) is 3. The maximum atomic E-state index is 6.42. The molecule has 0 fully saturated rings. The fourth-order valence-corrected chi connectivity index (χ4v) is 3.99. The second-order valence-corrected chi connectivity index (χ2v) is 13.6. The molecule has 29 heavy (non-hydrogen) atoms. The molecule has 0 saturated carbocycles. The standard InChI is InChI=1S/C24H32N2O2Si/c1-24(2,3)29(5,6)28-22-12-11-18(15-23(22)27-4)16-25-14-13-19-17-26-21-10-8-7-9-20(19)21/h7-12,15-17,26H,13-14H2,1-6H3. The van der Waals surface area contributed by atoms with E-state index >= 15 is 0 Å². The molecule has 1 aromatic heterocycles. The van der Waals surface area contributed by atoms with Crippen LogP contribution in [0.3, 0.4) is 0 Å². The molecular formula is C24H32N2O2Si. The Balaban J connectivity index is 1.67. The summed E-state index contributed by atoms with van der Waals surface area (Å²) in [6, 6.07) is 14.4. The average Bonchev–Trinajstić information content (AvgIpc) is 3.08. The van der Waals surface area contributed by atoms with Crippen LogP contribution in [-0.4, -0.2) is 33.2 Å². The smallest absolute Gasteiger partial charge is 0.250 e. The third kappa shape index (κ3) is 4.91. The minimum Gasteiger partial charge on any atom is -0.541 e. The second-order valence-electron chi connectivity index (χ2n) is 8.92. The molecule has 1 heterocycles. The van der Waals surface area contributed by atoms with Gasteiger partial charge in [0.05, 0.1) is 7.11 Å². The number of aromatic amines is 1. The zero-order chi connectivity index (χ0) is 21.1. The van der Waals surface area contributed by atoms with Gasteiger partial charge in [-0.3, -0.25) is 4.99 Å². The number of nitrogens with zero attached hydrogens (tertiary/aromatic N) is 1. The van der Waals surface area contributed by atoms with Crippen molar-refractivity contribution in [1.82, 2.24) is 4.98 Å². The third-order valence-corrected chi connectivity index (χ3v) is 10.1. The molecular weight excluding hydrogens is 376 g/mol. The van der Waals surface area contributed by atoms with Crippen molar-refractivity contribution >= 4 is 25.4 Å². The van der Waals surface area contributed by atoms with Gasteiger partial charge >= 0.3 is 0 Å². The van der Waals surface area contributed by atoms with Gasteiger partial charge in [0.25, 0.3) is 8.32 Å². The van der Waals surface area contributed by atoms with Crippen LogP contribution in [0.15, 0.2) is 53.7 Å². The van der Waals surface area contributed by atoms with Crippen LogP contribution in [0.2, 0.25) is 18.1 Å². The molecule has 5 heteroatoms. The van der Waals surface area contributed by atoms with Crippen LogP contribution in [0.25, 0.3) is 10.9 Å². The van der Waals surface area contributed by atoms with E-state index in [1.165, 1.54) is 16.5 Å². The first-order chi connectivity index (χ1) is 13.7. The van der Waals surface area contributed by atoms with E-state index in [4.69, 9.17) is 9.16 Å². The van der Waals surface area contributed by atoms with E-state index in [1.807, 2.05) is 30.5 Å². The summed E-state index contributed by atoms with van der Waals surface area (Å²) in [6.45, 7) is 11.9. The Morgan fingerprint density at radius 3 is 2.55 bits per heavy atom. The van der Waals surface area contributed by atoms with E-state index in [1.54, 1.807) is 7.11 Å². The highest BCUT2D eigenvalue weighted by Crippen LogP contribution is 2.40. The van der Waals surface area contributed by atoms with Crippen molar-refractivity contribution in [3.05, 3.63) is 59.8 Å². The lowest BCUT2D eigenvalue weighted by Crippen LogP contribution is -2.43. The number of methoxy groups -OCH3 is 1. The largest absolute Gasteiger partial charge is 0.541 e. The van der Waals surface area contributed by atoms with Gasteiger partial charge in [0, 0.05) is 29.9 Å². The first kappa shape index (κ1) is 21.2. The van der Waals surface area contributed by atoms with Crippen LogP contribution < -0.4 is 9.16 Å². The maximum absolute atomic E-state index is 6.42. The minimum absolute atomic E-state index is 0.139. The highest BCUT2D eigenvalue weighted by Gasteiger charge is 2.39. The normalized spacial score (nSPS) is 12.6. The summed E-state index contributed by atoms with van der Waals surface area (Å²) in [6.07, 6.45) is 4.90. The highest BCUT2D eigenvalue weighted by atomic mass is 28.4. The zero-order valence-electron chi connectivity index (χ0n) is 18.4. The van der Waals surface area contributed by atoms with Gasteiger partial charge in [0.1, 0.15) is 5.75 Å². The van der Waals surface area contributed by atoms with Crippen LogP contribution in [0, 0.1) is 0 Å². The number of aromatic nitrogens is 1. The Morgan fingerprint density at radius 2 is 1.83 bits per heavy atom. The molecule has 0 unspecified atom stereocenters. The van der Waals surface area contributed by atoms with Crippen molar-refractivity contribution in [2.24, 2.45) is 4.99 Å². The van der Waals surface area contributed by atoms with Crippen LogP contribution >= 0.6 is 0 Å². The fraction of sp³-hybridized carbons (Fsp3) is 0.375. The van der Waals surface area contributed by atoms with E-state index in [2.05, 4.69) is 68.2 Å². The molecule has 0 amide bonds. The van der Waals surface area contributed by atoms with E-state index in [0.29, 0.717) is 0 Å². The van der Waals surface area contributed by atoms with Gasteiger partial charge in [-0.2, -0.15) is 0 Å². The third-order valence-electron chi connectivity index (χ3n) is 5.78. The second kappa shape index (κ2) is 8.45. The van der Waals surface area contributed by atoms with Crippen LogP contribution in [0.5, 0.6) is 11.5 Å². The molecule has 1 N–H and O–H groups in total. The zero-order valence-corrected chi connectivity index (χ0v) is 19.4. The Morgan fingerprint density at radius 1 is 1.07 bits per heavy atom. The monoisotopic (exact) mass is 408 g/mol. The van der Waals surface area contributed by atoms with Gasteiger partial charge in [0.15, 0.2) is 5.75 Å². The van der Waals surface area contributed by atoms with Gasteiger partial charge in [-0.15, -0.1) is 0 Å². The number of benzene rings is 2. The lowest BCUT2D eigenvalue weighted by atomic mass is 10.1. The van der Waals surface area contributed by atoms with Crippen molar-refractivity contribution in [3.63, 3.8) is 0 Å². The molecule has 0 aliphatic heterocycles. The number of ether oxygens (including phenoxy) is 1. The first-order valence-corrected chi connectivity index (χ1v) is 13.0. The van der Waals surface area contributed by atoms with Gasteiger partial charge in [-0.25, -0.2) is 0 Å². The van der Waals surface area contributed by atoms with Crippen molar-refractivity contribution in [3.8, 4) is 11.5 Å². The summed E-state index contributed by atoms with van der Waals surface area (Å²) in [5.74, 6) is 1.57. The first-order valence-electron chi connectivity index (χ1n) is 10.1.